The molecular weight excluding hydrogens is 424 g/mol. The van der Waals surface area contributed by atoms with Crippen molar-refractivity contribution >= 4 is 46.3 Å². The van der Waals surface area contributed by atoms with Crippen molar-refractivity contribution in [2.75, 3.05) is 11.1 Å². The number of amides is 1. The number of nitrogens with one attached hydrogen (secondary N) is 1. The molecule has 0 fully saturated rings. The summed E-state index contributed by atoms with van der Waals surface area (Å²) in [5, 5.41) is 15.2. The van der Waals surface area contributed by atoms with Gasteiger partial charge in [0, 0.05) is 32.6 Å². The van der Waals surface area contributed by atoms with Crippen LogP contribution in [-0.4, -0.2) is 26.4 Å². The first-order valence-electron chi connectivity index (χ1n) is 9.49. The van der Waals surface area contributed by atoms with E-state index in [0.717, 1.165) is 27.8 Å². The van der Waals surface area contributed by atoms with E-state index in [2.05, 4.69) is 59.2 Å². The Hall–Kier alpha value is -1.83. The van der Waals surface area contributed by atoms with Crippen LogP contribution >= 0.6 is 34.7 Å². The van der Waals surface area contributed by atoms with Crippen LogP contribution in [0, 0.1) is 6.92 Å². The Morgan fingerprint density at radius 3 is 2.69 bits per heavy atom. The summed E-state index contributed by atoms with van der Waals surface area (Å²) in [4.78, 5) is 13.8. The van der Waals surface area contributed by atoms with Crippen LogP contribution in [0.5, 0.6) is 0 Å². The minimum Gasteiger partial charge on any atom is -0.325 e. The predicted octanol–water partition coefficient (Wildman–Crippen LogP) is 6.40. The molecule has 1 amide bonds. The van der Waals surface area contributed by atoms with Crippen LogP contribution in [-0.2, 0) is 4.79 Å². The molecule has 0 saturated carbocycles. The number of thiophene rings is 1. The van der Waals surface area contributed by atoms with Gasteiger partial charge in [0.1, 0.15) is 0 Å². The number of halogens is 1. The van der Waals surface area contributed by atoms with Crippen LogP contribution in [0.25, 0.3) is 11.4 Å². The van der Waals surface area contributed by atoms with Crippen molar-refractivity contribution in [3.8, 4) is 11.4 Å². The average molecular weight is 449 g/mol. The van der Waals surface area contributed by atoms with Crippen molar-refractivity contribution in [1.29, 1.82) is 0 Å². The first kappa shape index (κ1) is 21.9. The van der Waals surface area contributed by atoms with E-state index in [1.807, 2.05) is 25.1 Å². The van der Waals surface area contributed by atoms with E-state index in [1.54, 1.807) is 11.3 Å². The van der Waals surface area contributed by atoms with Crippen LogP contribution in [0.2, 0.25) is 5.02 Å². The molecule has 29 heavy (non-hydrogen) atoms. The molecule has 0 aliphatic rings. The zero-order valence-electron chi connectivity index (χ0n) is 17.2. The molecule has 154 valence electrons. The molecule has 1 aromatic carbocycles. The average Bonchev–Trinajstić information content (AvgIpc) is 3.30. The maximum absolute atomic E-state index is 12.5. The molecule has 3 aromatic rings. The molecule has 2 heterocycles. The van der Waals surface area contributed by atoms with Gasteiger partial charge in [-0.15, -0.1) is 21.5 Å². The summed E-state index contributed by atoms with van der Waals surface area (Å²) in [6, 6.07) is 7.85. The molecule has 0 aliphatic carbocycles. The lowest BCUT2D eigenvalue weighted by atomic mass is 10.1. The maximum Gasteiger partial charge on any atom is 0.234 e. The monoisotopic (exact) mass is 448 g/mol. The molecular formula is C21H25ClN4OS2. The molecule has 0 spiro atoms. The second-order valence-electron chi connectivity index (χ2n) is 7.41. The van der Waals surface area contributed by atoms with Gasteiger partial charge in [0.2, 0.25) is 5.91 Å². The van der Waals surface area contributed by atoms with Gasteiger partial charge < -0.3 is 5.32 Å². The number of benzene rings is 1. The fourth-order valence-electron chi connectivity index (χ4n) is 2.87. The highest BCUT2D eigenvalue weighted by molar-refractivity contribution is 7.99. The number of thioether (sulfide) groups is 1. The van der Waals surface area contributed by atoms with E-state index in [9.17, 15) is 4.79 Å². The third kappa shape index (κ3) is 5.02. The lowest BCUT2D eigenvalue weighted by molar-refractivity contribution is -0.113. The minimum atomic E-state index is -0.0992. The molecule has 8 heteroatoms. The fraction of sp³-hybridized carbons (Fsp3) is 0.381. The number of nitrogens with zero attached hydrogens (tertiary/aromatic N) is 3. The number of hydrogen-bond acceptors (Lipinski definition) is 5. The van der Waals surface area contributed by atoms with Crippen LogP contribution in [0.1, 0.15) is 50.1 Å². The Labute approximate surface area is 184 Å². The number of carbonyl (C=O) groups is 1. The van der Waals surface area contributed by atoms with Crippen molar-refractivity contribution in [1.82, 2.24) is 14.8 Å². The molecule has 0 unspecified atom stereocenters. The van der Waals surface area contributed by atoms with Crippen LogP contribution in [0.3, 0.4) is 0 Å². The molecule has 5 nitrogen and oxygen atoms in total. The third-order valence-electron chi connectivity index (χ3n) is 4.50. The van der Waals surface area contributed by atoms with Crippen molar-refractivity contribution < 1.29 is 4.79 Å². The third-order valence-corrected chi connectivity index (χ3v) is 7.09. The van der Waals surface area contributed by atoms with Crippen LogP contribution in [0.4, 0.5) is 5.69 Å². The predicted molar refractivity (Wildman–Crippen MR) is 123 cm³/mol. The van der Waals surface area contributed by atoms with E-state index < -0.39 is 0 Å². The Bertz CT molecular complexity index is 1010. The molecule has 0 saturated heterocycles. The van der Waals surface area contributed by atoms with E-state index in [1.165, 1.54) is 16.6 Å². The second-order valence-corrected chi connectivity index (χ2v) is 9.70. The maximum atomic E-state index is 12.5. The van der Waals surface area contributed by atoms with Crippen LogP contribution < -0.4 is 5.32 Å². The molecule has 0 bridgehead atoms. The fourth-order valence-corrected chi connectivity index (χ4v) is 4.82. The standard InChI is InChI=1S/C21H25ClN4OS2/c1-12(2)18-9-15(10-28-18)20-24-25-21(26(20)13(3)4)29-11-19(27)23-17-8-6-7-16(22)14(17)5/h6-10,12-13H,11H2,1-5H3,(H,23,27). The van der Waals surface area contributed by atoms with E-state index in [0.29, 0.717) is 10.9 Å². The lowest BCUT2D eigenvalue weighted by Crippen LogP contribution is -2.15. The molecule has 0 aliphatic heterocycles. The smallest absolute Gasteiger partial charge is 0.234 e. The lowest BCUT2D eigenvalue weighted by Gasteiger charge is -2.13. The van der Waals surface area contributed by atoms with Gasteiger partial charge in [0.05, 0.1) is 5.75 Å². The van der Waals surface area contributed by atoms with Gasteiger partial charge in [-0.25, -0.2) is 0 Å². The van der Waals surface area contributed by atoms with Gasteiger partial charge in [-0.3, -0.25) is 9.36 Å². The summed E-state index contributed by atoms with van der Waals surface area (Å²) >= 11 is 9.26. The second kappa shape index (κ2) is 9.32. The largest absolute Gasteiger partial charge is 0.325 e. The van der Waals surface area contributed by atoms with E-state index in [-0.39, 0.29) is 17.7 Å². The van der Waals surface area contributed by atoms with Crippen molar-refractivity contribution in [3.63, 3.8) is 0 Å². The highest BCUT2D eigenvalue weighted by Crippen LogP contribution is 2.33. The quantitative estimate of drug-likeness (QED) is 0.424. The molecule has 0 radical (unpaired) electrons. The zero-order valence-corrected chi connectivity index (χ0v) is 19.6. The first-order valence-corrected chi connectivity index (χ1v) is 11.7. The van der Waals surface area contributed by atoms with Gasteiger partial charge in [-0.05, 0) is 50.5 Å². The number of rotatable bonds is 7. The zero-order chi connectivity index (χ0) is 21.1. The summed E-state index contributed by atoms with van der Waals surface area (Å²) < 4.78 is 2.09. The number of aromatic nitrogens is 3. The minimum absolute atomic E-state index is 0.0992. The van der Waals surface area contributed by atoms with Crippen molar-refractivity contribution in [2.24, 2.45) is 0 Å². The normalized spacial score (nSPS) is 11.4. The Morgan fingerprint density at radius 1 is 1.28 bits per heavy atom. The van der Waals surface area contributed by atoms with Crippen molar-refractivity contribution in [2.45, 2.75) is 51.7 Å². The van der Waals surface area contributed by atoms with Gasteiger partial charge >= 0.3 is 0 Å². The summed E-state index contributed by atoms with van der Waals surface area (Å²) in [6.07, 6.45) is 0. The highest BCUT2D eigenvalue weighted by Gasteiger charge is 2.19. The number of anilines is 1. The van der Waals surface area contributed by atoms with Gasteiger partial charge in [-0.1, -0.05) is 43.3 Å². The number of hydrogen-bond donors (Lipinski definition) is 1. The topological polar surface area (TPSA) is 59.8 Å². The summed E-state index contributed by atoms with van der Waals surface area (Å²) in [5.41, 5.74) is 2.66. The Morgan fingerprint density at radius 2 is 2.03 bits per heavy atom. The Balaban J connectivity index is 1.74. The summed E-state index contributed by atoms with van der Waals surface area (Å²) in [5.74, 6) is 1.48. The molecule has 1 N–H and O–H groups in total. The van der Waals surface area contributed by atoms with Crippen molar-refractivity contribution in [3.05, 3.63) is 45.1 Å². The van der Waals surface area contributed by atoms with Gasteiger partial charge in [0.25, 0.3) is 0 Å². The number of carbonyl (C=O) groups excluding carboxylic acids is 1. The summed E-state index contributed by atoms with van der Waals surface area (Å²) in [6.45, 7) is 10.5. The van der Waals surface area contributed by atoms with E-state index >= 15 is 0 Å². The molecule has 3 rings (SSSR count). The van der Waals surface area contributed by atoms with Gasteiger partial charge in [-0.2, -0.15) is 0 Å². The van der Waals surface area contributed by atoms with Gasteiger partial charge in [0.15, 0.2) is 11.0 Å². The highest BCUT2D eigenvalue weighted by atomic mass is 35.5. The first-order chi connectivity index (χ1) is 13.8. The SMILES string of the molecule is Cc1c(Cl)cccc1NC(=O)CSc1nnc(-c2csc(C(C)C)c2)n1C(C)C. The van der Waals surface area contributed by atoms with E-state index in [4.69, 9.17) is 11.6 Å². The summed E-state index contributed by atoms with van der Waals surface area (Å²) in [7, 11) is 0. The molecule has 0 atom stereocenters. The Kier molecular flexibility index (Phi) is 7.03. The van der Waals surface area contributed by atoms with Crippen LogP contribution in [0.15, 0.2) is 34.8 Å². The molecule has 2 aromatic heterocycles.